The second-order valence-corrected chi connectivity index (χ2v) is 2.75. The maximum Gasteiger partial charge on any atom is 0.504 e. The Bertz CT molecular complexity index is 397. The molecule has 0 aliphatic carbocycles. The van der Waals surface area contributed by atoms with Gasteiger partial charge < -0.3 is 14.1 Å². The van der Waals surface area contributed by atoms with Gasteiger partial charge in [-0.05, 0) is 0 Å². The van der Waals surface area contributed by atoms with Crippen LogP contribution in [-0.4, -0.2) is 12.7 Å². The van der Waals surface area contributed by atoms with Crippen LogP contribution in [0.4, 0.5) is 0 Å². The molecule has 0 saturated heterocycles. The Kier molecular flexibility index (Phi) is 2.56. The predicted octanol–water partition coefficient (Wildman–Crippen LogP) is 1.58. The van der Waals surface area contributed by atoms with E-state index in [0.29, 0.717) is 11.5 Å². The van der Waals surface area contributed by atoms with Crippen LogP contribution in [0, 0.1) is 0 Å². The van der Waals surface area contributed by atoms with Crippen molar-refractivity contribution in [1.82, 2.24) is 0 Å². The molecule has 0 aliphatic heterocycles. The number of rotatable bonds is 3. The molecule has 0 radical (unpaired) electrons. The average molecular weight is 188 g/mol. The Morgan fingerprint density at radius 2 is 1.93 bits per heavy atom. The van der Waals surface area contributed by atoms with E-state index in [0.717, 1.165) is 5.56 Å². The Morgan fingerprint density at radius 1 is 1.14 bits per heavy atom. The molecule has 1 N–H and O–H groups in total. The van der Waals surface area contributed by atoms with Crippen molar-refractivity contribution in [3.05, 3.63) is 42.7 Å². The Balaban J connectivity index is 2.37. The molecule has 0 fully saturated rings. The summed E-state index contributed by atoms with van der Waals surface area (Å²) in [7, 11) is -0.348. The SMILES string of the molecule is OBOc1ccoc1-c1ccccc1. The van der Waals surface area contributed by atoms with Gasteiger partial charge in [0.05, 0.1) is 6.26 Å². The highest BCUT2D eigenvalue weighted by molar-refractivity contribution is 6.17. The first-order chi connectivity index (χ1) is 6.92. The Hall–Kier alpha value is -1.68. The van der Waals surface area contributed by atoms with Gasteiger partial charge in [0.1, 0.15) is 5.75 Å². The zero-order valence-electron chi connectivity index (χ0n) is 7.51. The van der Waals surface area contributed by atoms with E-state index in [2.05, 4.69) is 0 Å². The molecule has 4 heteroatoms. The standard InChI is InChI=1S/C10H9BO3/c12-11-14-9-6-7-13-10(9)8-4-2-1-3-5-8/h1-7,11-12H. The van der Waals surface area contributed by atoms with Gasteiger partial charge in [-0.15, -0.1) is 0 Å². The lowest BCUT2D eigenvalue weighted by molar-refractivity contribution is 0.449. The van der Waals surface area contributed by atoms with Gasteiger partial charge in [0, 0.05) is 11.6 Å². The topological polar surface area (TPSA) is 42.6 Å². The number of furan rings is 1. The van der Waals surface area contributed by atoms with Crippen molar-refractivity contribution in [1.29, 1.82) is 0 Å². The highest BCUT2D eigenvalue weighted by atomic mass is 16.5. The van der Waals surface area contributed by atoms with E-state index in [9.17, 15) is 0 Å². The molecule has 3 nitrogen and oxygen atoms in total. The van der Waals surface area contributed by atoms with Gasteiger partial charge in [0.25, 0.3) is 0 Å². The molecular formula is C10H9BO3. The van der Waals surface area contributed by atoms with Crippen LogP contribution < -0.4 is 4.65 Å². The number of hydrogen-bond acceptors (Lipinski definition) is 3. The third-order valence-corrected chi connectivity index (χ3v) is 1.89. The molecule has 1 heterocycles. The molecule has 70 valence electrons. The van der Waals surface area contributed by atoms with Crippen LogP contribution in [-0.2, 0) is 0 Å². The minimum Gasteiger partial charge on any atom is -0.536 e. The summed E-state index contributed by atoms with van der Waals surface area (Å²) < 4.78 is 10.3. The van der Waals surface area contributed by atoms with Gasteiger partial charge >= 0.3 is 7.69 Å². The second kappa shape index (κ2) is 4.02. The van der Waals surface area contributed by atoms with Crippen LogP contribution in [0.1, 0.15) is 0 Å². The third kappa shape index (κ3) is 1.65. The molecule has 2 aromatic rings. The fourth-order valence-corrected chi connectivity index (χ4v) is 1.28. The predicted molar refractivity (Wildman–Crippen MR) is 54.1 cm³/mol. The summed E-state index contributed by atoms with van der Waals surface area (Å²) >= 11 is 0. The quantitative estimate of drug-likeness (QED) is 0.743. The van der Waals surface area contributed by atoms with Crippen LogP contribution in [0.25, 0.3) is 11.3 Å². The first-order valence-corrected chi connectivity index (χ1v) is 4.28. The molecule has 0 spiro atoms. The van der Waals surface area contributed by atoms with E-state index < -0.39 is 0 Å². The van der Waals surface area contributed by atoms with Gasteiger partial charge in [0.2, 0.25) is 0 Å². The lowest BCUT2D eigenvalue weighted by atomic mass is 10.1. The van der Waals surface area contributed by atoms with Crippen molar-refractivity contribution in [2.45, 2.75) is 0 Å². The van der Waals surface area contributed by atoms with Crippen molar-refractivity contribution in [2.24, 2.45) is 0 Å². The molecule has 2 rings (SSSR count). The highest BCUT2D eigenvalue weighted by Gasteiger charge is 2.08. The molecular weight excluding hydrogens is 179 g/mol. The normalized spacial score (nSPS) is 9.79. The highest BCUT2D eigenvalue weighted by Crippen LogP contribution is 2.30. The van der Waals surface area contributed by atoms with Gasteiger partial charge in [-0.1, -0.05) is 30.3 Å². The van der Waals surface area contributed by atoms with Crippen molar-refractivity contribution in [2.75, 3.05) is 0 Å². The van der Waals surface area contributed by atoms with Crippen molar-refractivity contribution in [3.8, 4) is 17.1 Å². The zero-order valence-corrected chi connectivity index (χ0v) is 7.51. The van der Waals surface area contributed by atoms with Crippen LogP contribution >= 0.6 is 0 Å². The Labute approximate surface area is 82.2 Å². The molecule has 0 bridgehead atoms. The van der Waals surface area contributed by atoms with E-state index in [4.69, 9.17) is 14.1 Å². The minimum absolute atomic E-state index is 0.348. The first-order valence-electron chi connectivity index (χ1n) is 4.28. The molecule has 14 heavy (non-hydrogen) atoms. The fourth-order valence-electron chi connectivity index (χ4n) is 1.28. The molecule has 0 aliphatic rings. The molecule has 0 amide bonds. The number of benzene rings is 1. The van der Waals surface area contributed by atoms with E-state index in [-0.39, 0.29) is 7.69 Å². The van der Waals surface area contributed by atoms with Crippen molar-refractivity contribution < 1.29 is 14.1 Å². The lowest BCUT2D eigenvalue weighted by Crippen LogP contribution is -1.99. The molecule has 0 atom stereocenters. The van der Waals surface area contributed by atoms with Gasteiger partial charge in [-0.3, -0.25) is 0 Å². The van der Waals surface area contributed by atoms with Gasteiger partial charge in [-0.2, -0.15) is 0 Å². The van der Waals surface area contributed by atoms with Gasteiger partial charge in [0.15, 0.2) is 5.76 Å². The van der Waals surface area contributed by atoms with Gasteiger partial charge in [-0.25, -0.2) is 0 Å². The van der Waals surface area contributed by atoms with E-state index in [1.165, 1.54) is 6.26 Å². The summed E-state index contributed by atoms with van der Waals surface area (Å²) in [5.74, 6) is 1.19. The van der Waals surface area contributed by atoms with Crippen LogP contribution in [0.15, 0.2) is 47.1 Å². The molecule has 1 aromatic carbocycles. The summed E-state index contributed by atoms with van der Waals surface area (Å²) in [6.45, 7) is 0. The summed E-state index contributed by atoms with van der Waals surface area (Å²) in [4.78, 5) is 0. The fraction of sp³-hybridized carbons (Fsp3) is 0. The van der Waals surface area contributed by atoms with E-state index in [1.807, 2.05) is 30.3 Å². The molecule has 1 aromatic heterocycles. The zero-order chi connectivity index (χ0) is 9.80. The first kappa shape index (κ1) is 8.90. The largest absolute Gasteiger partial charge is 0.536 e. The summed E-state index contributed by atoms with van der Waals surface area (Å²) in [6, 6.07) is 11.3. The lowest BCUT2D eigenvalue weighted by Gasteiger charge is -2.01. The average Bonchev–Trinajstić information content (AvgIpc) is 2.68. The molecule has 0 unspecified atom stereocenters. The van der Waals surface area contributed by atoms with Crippen molar-refractivity contribution in [3.63, 3.8) is 0 Å². The van der Waals surface area contributed by atoms with E-state index in [1.54, 1.807) is 6.07 Å². The maximum absolute atomic E-state index is 8.65. The van der Waals surface area contributed by atoms with Crippen LogP contribution in [0.5, 0.6) is 5.75 Å². The summed E-state index contributed by atoms with van der Waals surface area (Å²) in [5, 5.41) is 8.65. The molecule has 0 saturated carbocycles. The minimum atomic E-state index is -0.348. The maximum atomic E-state index is 8.65. The third-order valence-electron chi connectivity index (χ3n) is 1.89. The number of hydrogen-bond donors (Lipinski definition) is 1. The van der Waals surface area contributed by atoms with Crippen LogP contribution in [0.2, 0.25) is 0 Å². The van der Waals surface area contributed by atoms with E-state index >= 15 is 0 Å². The smallest absolute Gasteiger partial charge is 0.504 e. The second-order valence-electron chi connectivity index (χ2n) is 2.75. The van der Waals surface area contributed by atoms with Crippen LogP contribution in [0.3, 0.4) is 0 Å². The summed E-state index contributed by atoms with van der Waals surface area (Å²) in [5.41, 5.74) is 0.931. The van der Waals surface area contributed by atoms with Crippen molar-refractivity contribution >= 4 is 7.69 Å². The summed E-state index contributed by atoms with van der Waals surface area (Å²) in [6.07, 6.45) is 1.54. The monoisotopic (exact) mass is 188 g/mol. The Morgan fingerprint density at radius 3 is 2.64 bits per heavy atom.